The molecule has 55 heavy (non-hydrogen) atoms. The van der Waals surface area contributed by atoms with Gasteiger partial charge in [0.15, 0.2) is 11.8 Å². The van der Waals surface area contributed by atoms with Crippen molar-refractivity contribution in [3.05, 3.63) is 32.2 Å². The van der Waals surface area contributed by atoms with E-state index in [1.165, 1.54) is 19.4 Å². The summed E-state index contributed by atoms with van der Waals surface area (Å²) >= 11 is 1.86. The number of hydrogen-bond donors (Lipinski definition) is 2. The lowest BCUT2D eigenvalue weighted by molar-refractivity contribution is -0.151. The molecule has 4 rings (SSSR count). The number of nitrogens with zero attached hydrogens (tertiary/aromatic N) is 4. The number of likely N-dealkylation sites (tertiary alicyclic amines) is 1. The monoisotopic (exact) mass is 816 g/mol. The quantitative estimate of drug-likeness (QED) is 0.219. The first-order valence-corrected chi connectivity index (χ1v) is 20.0. The van der Waals surface area contributed by atoms with Crippen LogP contribution in [0.2, 0.25) is 0 Å². The van der Waals surface area contributed by atoms with Gasteiger partial charge in [0.05, 0.1) is 37.3 Å². The first kappa shape index (κ1) is 44.0. The van der Waals surface area contributed by atoms with Gasteiger partial charge in [-0.15, -0.1) is 22.7 Å². The summed E-state index contributed by atoms with van der Waals surface area (Å²) in [6, 6.07) is -2.44. The summed E-state index contributed by atoms with van der Waals surface area (Å²) in [7, 11) is 4.77. The molecule has 6 atom stereocenters. The molecule has 2 saturated heterocycles. The average molecular weight is 817 g/mol. The summed E-state index contributed by atoms with van der Waals surface area (Å²) in [5.41, 5.74) is -1.08. The summed E-state index contributed by atoms with van der Waals surface area (Å²) < 4.78 is 55.6. The number of carbonyl (C=O) groups is 5. The standard InChI is InChI=1S/C36H51F3N6O8S2/c1-19(2)26(45(6)34(49)30(22-15-52-16-22)43-32(48)25-10-8-9-11-44(25)5)14-27(53-21(4)46)33-41-24(17-55-33)31(47)40-23(12-20(3)35(50)51-7)13-29-42-28(18-54-29)36(37,38)39/h17-20,22-23,25-27,30H,8-16H2,1-7H3,(H,40,47)(H,43,48)/t20-,23+,25+,26+,27+,30-/m0/s1. The lowest BCUT2D eigenvalue weighted by Crippen LogP contribution is -2.61. The molecule has 2 fully saturated rings. The van der Waals surface area contributed by atoms with Gasteiger partial charge in [-0.3, -0.25) is 28.9 Å². The van der Waals surface area contributed by atoms with Gasteiger partial charge in [-0.1, -0.05) is 27.2 Å². The van der Waals surface area contributed by atoms with Crippen LogP contribution in [0.25, 0.3) is 0 Å². The van der Waals surface area contributed by atoms with Crippen molar-refractivity contribution in [3.63, 3.8) is 0 Å². The van der Waals surface area contributed by atoms with E-state index in [0.717, 1.165) is 47.4 Å². The SMILES string of the molecule is COC(=O)[C@@H](C)C[C@H](Cc1nc(C(F)(F)F)cs1)NC(=O)c1csc([C@@H](C[C@H](C(C)C)N(C)C(=O)[C@@H](NC(=O)[C@H]2CCCCN2C)C2COC2)OC(C)=O)n1. The Hall–Kier alpha value is -3.68. The van der Waals surface area contributed by atoms with Crippen molar-refractivity contribution in [2.45, 2.75) is 103 Å². The molecule has 0 radical (unpaired) electrons. The number of rotatable bonds is 17. The Morgan fingerprint density at radius 3 is 2.33 bits per heavy atom. The molecular weight excluding hydrogens is 766 g/mol. The van der Waals surface area contributed by atoms with Gasteiger partial charge in [0, 0.05) is 55.6 Å². The Bertz CT molecular complexity index is 1650. The fraction of sp³-hybridized carbons (Fsp3) is 0.694. The van der Waals surface area contributed by atoms with Crippen molar-refractivity contribution in [2.24, 2.45) is 17.8 Å². The van der Waals surface area contributed by atoms with Crippen molar-refractivity contribution in [3.8, 4) is 0 Å². The van der Waals surface area contributed by atoms with Gasteiger partial charge in [0.1, 0.15) is 16.7 Å². The van der Waals surface area contributed by atoms with Crippen molar-refractivity contribution < 1.29 is 51.4 Å². The Labute approximate surface area is 326 Å². The van der Waals surface area contributed by atoms with E-state index < -0.39 is 59.9 Å². The maximum Gasteiger partial charge on any atom is 0.434 e. The van der Waals surface area contributed by atoms with Crippen LogP contribution in [0.5, 0.6) is 0 Å². The number of thiazole rings is 2. The molecule has 0 aromatic carbocycles. The number of ether oxygens (including phenoxy) is 3. The third kappa shape index (κ3) is 11.9. The van der Waals surface area contributed by atoms with Crippen LogP contribution in [-0.4, -0.2) is 115 Å². The molecule has 0 bridgehead atoms. The number of esters is 2. The molecule has 3 amide bonds. The molecule has 306 valence electrons. The lowest BCUT2D eigenvalue weighted by Gasteiger charge is -2.40. The van der Waals surface area contributed by atoms with Crippen LogP contribution in [0.3, 0.4) is 0 Å². The number of aromatic nitrogens is 2. The molecule has 0 aliphatic carbocycles. The topological polar surface area (TPSA) is 169 Å². The predicted octanol–water partition coefficient (Wildman–Crippen LogP) is 4.25. The number of nitrogens with one attached hydrogen (secondary N) is 2. The number of halogens is 3. The highest BCUT2D eigenvalue weighted by Crippen LogP contribution is 2.33. The molecule has 0 spiro atoms. The van der Waals surface area contributed by atoms with Gasteiger partial charge >= 0.3 is 18.1 Å². The van der Waals surface area contributed by atoms with Crippen LogP contribution in [-0.2, 0) is 46.0 Å². The van der Waals surface area contributed by atoms with E-state index >= 15 is 0 Å². The minimum absolute atomic E-state index is 0.0334. The molecule has 4 heterocycles. The summed E-state index contributed by atoms with van der Waals surface area (Å²) in [5, 5.41) is 8.56. The largest absolute Gasteiger partial charge is 0.469 e. The van der Waals surface area contributed by atoms with Crippen LogP contribution >= 0.6 is 22.7 Å². The van der Waals surface area contributed by atoms with Gasteiger partial charge in [-0.05, 0) is 38.8 Å². The van der Waals surface area contributed by atoms with Gasteiger partial charge in [-0.25, -0.2) is 9.97 Å². The fourth-order valence-corrected chi connectivity index (χ4v) is 8.55. The Kier molecular flexibility index (Phi) is 15.6. The summed E-state index contributed by atoms with van der Waals surface area (Å²) in [4.78, 5) is 77.4. The van der Waals surface area contributed by atoms with E-state index in [-0.39, 0.29) is 59.7 Å². The van der Waals surface area contributed by atoms with Gasteiger partial charge in [0.2, 0.25) is 11.8 Å². The van der Waals surface area contributed by atoms with E-state index in [1.54, 1.807) is 18.9 Å². The number of amides is 3. The third-order valence-electron chi connectivity index (χ3n) is 10.0. The van der Waals surface area contributed by atoms with Crippen molar-refractivity contribution >= 4 is 52.3 Å². The number of methoxy groups -OCH3 is 1. The van der Waals surface area contributed by atoms with E-state index in [0.29, 0.717) is 24.6 Å². The predicted molar refractivity (Wildman–Crippen MR) is 197 cm³/mol. The molecule has 0 saturated carbocycles. The normalized spacial score (nSPS) is 19.4. The number of piperidine rings is 1. The maximum atomic E-state index is 14.2. The highest BCUT2D eigenvalue weighted by atomic mass is 32.1. The van der Waals surface area contributed by atoms with E-state index in [1.807, 2.05) is 25.8 Å². The number of likely N-dealkylation sites (N-methyl/N-ethyl adjacent to an activating group) is 2. The lowest BCUT2D eigenvalue weighted by atomic mass is 9.92. The van der Waals surface area contributed by atoms with E-state index in [4.69, 9.17) is 14.2 Å². The molecule has 2 aromatic heterocycles. The number of hydrogen-bond acceptors (Lipinski definition) is 13. The van der Waals surface area contributed by atoms with Gasteiger partial charge in [-0.2, -0.15) is 13.2 Å². The molecule has 2 aromatic rings. The fourth-order valence-electron chi connectivity index (χ4n) is 6.82. The zero-order chi connectivity index (χ0) is 40.6. The van der Waals surface area contributed by atoms with Crippen LogP contribution in [0.4, 0.5) is 13.2 Å². The minimum atomic E-state index is -4.63. The molecule has 0 unspecified atom stereocenters. The summed E-state index contributed by atoms with van der Waals surface area (Å²) in [6.07, 6.45) is -2.85. The first-order chi connectivity index (χ1) is 25.9. The summed E-state index contributed by atoms with van der Waals surface area (Å²) in [5.74, 6) is -3.33. The minimum Gasteiger partial charge on any atom is -0.469 e. The van der Waals surface area contributed by atoms with Gasteiger partial charge in [0.25, 0.3) is 5.91 Å². The molecule has 2 aliphatic heterocycles. The van der Waals surface area contributed by atoms with E-state index in [2.05, 4.69) is 20.6 Å². The Morgan fingerprint density at radius 2 is 1.76 bits per heavy atom. The highest BCUT2D eigenvalue weighted by Gasteiger charge is 2.41. The zero-order valence-electron chi connectivity index (χ0n) is 32.1. The molecule has 2 N–H and O–H groups in total. The number of alkyl halides is 3. The van der Waals surface area contributed by atoms with Crippen LogP contribution in [0.15, 0.2) is 10.8 Å². The second kappa shape index (κ2) is 19.5. The van der Waals surface area contributed by atoms with Crippen LogP contribution < -0.4 is 10.6 Å². The summed E-state index contributed by atoms with van der Waals surface area (Å²) in [6.45, 7) is 8.13. The maximum absolute atomic E-state index is 14.2. The smallest absolute Gasteiger partial charge is 0.434 e. The second-order valence-electron chi connectivity index (χ2n) is 14.6. The van der Waals surface area contributed by atoms with Crippen LogP contribution in [0, 0.1) is 17.8 Å². The number of carbonyl (C=O) groups excluding carboxylic acids is 5. The Balaban J connectivity index is 1.51. The molecule has 19 heteroatoms. The molecule has 14 nitrogen and oxygen atoms in total. The van der Waals surface area contributed by atoms with Crippen LogP contribution in [0.1, 0.15) is 92.1 Å². The van der Waals surface area contributed by atoms with E-state index in [9.17, 15) is 37.1 Å². The first-order valence-electron chi connectivity index (χ1n) is 18.3. The second-order valence-corrected chi connectivity index (χ2v) is 16.4. The molecular formula is C36H51F3N6O8S2. The van der Waals surface area contributed by atoms with Crippen molar-refractivity contribution in [2.75, 3.05) is 41.0 Å². The Morgan fingerprint density at radius 1 is 1.05 bits per heavy atom. The highest BCUT2D eigenvalue weighted by molar-refractivity contribution is 7.10. The van der Waals surface area contributed by atoms with Crippen molar-refractivity contribution in [1.82, 2.24) is 30.4 Å². The third-order valence-corrected chi connectivity index (χ3v) is 11.8. The molecule has 2 aliphatic rings. The van der Waals surface area contributed by atoms with Gasteiger partial charge < -0.3 is 29.7 Å². The van der Waals surface area contributed by atoms with Crippen molar-refractivity contribution in [1.29, 1.82) is 0 Å². The average Bonchev–Trinajstić information content (AvgIpc) is 3.79. The zero-order valence-corrected chi connectivity index (χ0v) is 33.8.